The van der Waals surface area contributed by atoms with Crippen LogP contribution in [0.1, 0.15) is 37.7 Å². The summed E-state index contributed by atoms with van der Waals surface area (Å²) in [7, 11) is -1.16. The van der Waals surface area contributed by atoms with Crippen LogP contribution >= 0.6 is 0 Å². The third-order valence-electron chi connectivity index (χ3n) is 3.50. The third kappa shape index (κ3) is 2.31. The van der Waals surface area contributed by atoms with Crippen molar-refractivity contribution >= 4 is 10.0 Å². The SMILES string of the molecule is Cc1cn(C)c([C@H]2CCN(S(=O)(=O)C(C)C)C2)n1. The summed E-state index contributed by atoms with van der Waals surface area (Å²) in [5.41, 5.74) is 0.984. The number of hydrogen-bond donors (Lipinski definition) is 0. The Labute approximate surface area is 109 Å². The first-order valence-electron chi connectivity index (χ1n) is 6.31. The van der Waals surface area contributed by atoms with Gasteiger partial charge in [-0.15, -0.1) is 0 Å². The molecule has 5 nitrogen and oxygen atoms in total. The van der Waals surface area contributed by atoms with Crippen LogP contribution in [-0.2, 0) is 17.1 Å². The predicted octanol–water partition coefficient (Wildman–Crippen LogP) is 1.26. The standard InChI is InChI=1S/C12H21N3O2S/c1-9(2)18(16,17)15-6-5-11(8-15)12-13-10(3)7-14(12)4/h7,9,11H,5-6,8H2,1-4H3/t11-/m0/s1. The number of aromatic nitrogens is 2. The van der Waals surface area contributed by atoms with Crippen LogP contribution < -0.4 is 0 Å². The zero-order valence-corrected chi connectivity index (χ0v) is 12.2. The van der Waals surface area contributed by atoms with Crippen molar-refractivity contribution in [3.8, 4) is 0 Å². The molecule has 0 aliphatic carbocycles. The minimum absolute atomic E-state index is 0.220. The van der Waals surface area contributed by atoms with Gasteiger partial charge in [-0.2, -0.15) is 0 Å². The number of imidazole rings is 1. The molecule has 0 bridgehead atoms. The van der Waals surface area contributed by atoms with Gasteiger partial charge in [0.2, 0.25) is 10.0 Å². The summed E-state index contributed by atoms with van der Waals surface area (Å²) in [6.45, 7) is 6.59. The zero-order valence-electron chi connectivity index (χ0n) is 11.4. The fraction of sp³-hybridized carbons (Fsp3) is 0.750. The van der Waals surface area contributed by atoms with Crippen LogP contribution in [0.15, 0.2) is 6.20 Å². The lowest BCUT2D eigenvalue weighted by Crippen LogP contribution is -2.34. The fourth-order valence-electron chi connectivity index (χ4n) is 2.48. The molecule has 18 heavy (non-hydrogen) atoms. The van der Waals surface area contributed by atoms with E-state index in [0.717, 1.165) is 17.9 Å². The Hall–Kier alpha value is -0.880. The molecule has 1 aliphatic rings. The van der Waals surface area contributed by atoms with Gasteiger partial charge in [0, 0.05) is 32.3 Å². The van der Waals surface area contributed by atoms with E-state index >= 15 is 0 Å². The quantitative estimate of drug-likeness (QED) is 0.831. The highest BCUT2D eigenvalue weighted by Gasteiger charge is 2.35. The van der Waals surface area contributed by atoms with Crippen molar-refractivity contribution in [3.05, 3.63) is 17.7 Å². The fourth-order valence-corrected chi connectivity index (χ4v) is 3.83. The van der Waals surface area contributed by atoms with E-state index in [2.05, 4.69) is 4.98 Å². The van der Waals surface area contributed by atoms with Gasteiger partial charge in [0.25, 0.3) is 0 Å². The lowest BCUT2D eigenvalue weighted by molar-refractivity contribution is 0.463. The highest BCUT2D eigenvalue weighted by molar-refractivity contribution is 7.89. The molecule has 0 radical (unpaired) electrons. The van der Waals surface area contributed by atoms with E-state index in [1.165, 1.54) is 0 Å². The van der Waals surface area contributed by atoms with Crippen LogP contribution in [0.4, 0.5) is 0 Å². The first-order valence-corrected chi connectivity index (χ1v) is 7.81. The number of hydrogen-bond acceptors (Lipinski definition) is 3. The molecule has 1 atom stereocenters. The Kier molecular flexibility index (Phi) is 3.51. The van der Waals surface area contributed by atoms with Crippen LogP contribution in [0.5, 0.6) is 0 Å². The summed E-state index contributed by atoms with van der Waals surface area (Å²) in [6, 6.07) is 0. The second kappa shape index (κ2) is 4.66. The molecule has 1 aromatic heterocycles. The summed E-state index contributed by atoms with van der Waals surface area (Å²) in [5.74, 6) is 1.21. The van der Waals surface area contributed by atoms with Gasteiger partial charge >= 0.3 is 0 Å². The highest BCUT2D eigenvalue weighted by atomic mass is 32.2. The van der Waals surface area contributed by atoms with E-state index in [1.54, 1.807) is 18.2 Å². The number of nitrogens with zero attached hydrogens (tertiary/aromatic N) is 3. The Bertz CT molecular complexity index is 534. The topological polar surface area (TPSA) is 55.2 Å². The van der Waals surface area contributed by atoms with Gasteiger partial charge in [-0.25, -0.2) is 17.7 Å². The maximum Gasteiger partial charge on any atom is 0.216 e. The number of aryl methyl sites for hydroxylation is 2. The maximum atomic E-state index is 12.1. The lowest BCUT2D eigenvalue weighted by atomic mass is 10.1. The lowest BCUT2D eigenvalue weighted by Gasteiger charge is -2.19. The smallest absolute Gasteiger partial charge is 0.216 e. The molecular formula is C12H21N3O2S. The van der Waals surface area contributed by atoms with Crippen LogP contribution in [0.2, 0.25) is 0 Å². The maximum absolute atomic E-state index is 12.1. The van der Waals surface area contributed by atoms with Gasteiger partial charge in [0.1, 0.15) is 5.82 Å². The molecule has 0 N–H and O–H groups in total. The molecule has 6 heteroatoms. The third-order valence-corrected chi connectivity index (χ3v) is 5.75. The van der Waals surface area contributed by atoms with Crippen LogP contribution in [-0.4, -0.2) is 40.6 Å². The second-order valence-electron chi connectivity index (χ2n) is 5.29. The highest BCUT2D eigenvalue weighted by Crippen LogP contribution is 2.29. The van der Waals surface area contributed by atoms with Crippen molar-refractivity contribution in [2.45, 2.75) is 38.4 Å². The normalized spacial score (nSPS) is 21.9. The average Bonchev–Trinajstić information content (AvgIpc) is 2.84. The number of sulfonamides is 1. The minimum atomic E-state index is -3.13. The summed E-state index contributed by atoms with van der Waals surface area (Å²) in [6.07, 6.45) is 2.84. The number of rotatable bonds is 3. The molecule has 0 amide bonds. The molecule has 102 valence electrons. The van der Waals surface area contributed by atoms with Gasteiger partial charge in [0.15, 0.2) is 0 Å². The Morgan fingerprint density at radius 1 is 1.44 bits per heavy atom. The van der Waals surface area contributed by atoms with Crippen LogP contribution in [0.25, 0.3) is 0 Å². The van der Waals surface area contributed by atoms with E-state index in [0.29, 0.717) is 13.1 Å². The van der Waals surface area contributed by atoms with E-state index < -0.39 is 10.0 Å². The molecule has 0 saturated carbocycles. The van der Waals surface area contributed by atoms with E-state index in [9.17, 15) is 8.42 Å². The van der Waals surface area contributed by atoms with E-state index in [-0.39, 0.29) is 11.2 Å². The molecule has 0 aromatic carbocycles. The zero-order chi connectivity index (χ0) is 13.5. The van der Waals surface area contributed by atoms with Gasteiger partial charge in [-0.05, 0) is 27.2 Å². The Morgan fingerprint density at radius 3 is 2.61 bits per heavy atom. The van der Waals surface area contributed by atoms with Gasteiger partial charge in [0.05, 0.1) is 10.9 Å². The van der Waals surface area contributed by atoms with E-state index in [4.69, 9.17) is 0 Å². The Morgan fingerprint density at radius 2 is 2.11 bits per heavy atom. The van der Waals surface area contributed by atoms with Gasteiger partial charge in [-0.1, -0.05) is 0 Å². The minimum Gasteiger partial charge on any atom is -0.337 e. The molecular weight excluding hydrogens is 250 g/mol. The first-order chi connectivity index (χ1) is 8.32. The van der Waals surface area contributed by atoms with Gasteiger partial charge in [-0.3, -0.25) is 0 Å². The molecule has 0 spiro atoms. The summed E-state index contributed by atoms with van der Waals surface area (Å²) in [5, 5.41) is -0.348. The Balaban J connectivity index is 2.17. The summed E-state index contributed by atoms with van der Waals surface area (Å²) < 4.78 is 27.8. The average molecular weight is 271 g/mol. The van der Waals surface area contributed by atoms with E-state index in [1.807, 2.05) is 24.7 Å². The van der Waals surface area contributed by atoms with Crippen molar-refractivity contribution < 1.29 is 8.42 Å². The van der Waals surface area contributed by atoms with Crippen molar-refractivity contribution in [3.63, 3.8) is 0 Å². The monoisotopic (exact) mass is 271 g/mol. The molecule has 0 unspecified atom stereocenters. The molecule has 2 rings (SSSR count). The molecule has 1 fully saturated rings. The molecule has 1 aromatic rings. The largest absolute Gasteiger partial charge is 0.337 e. The van der Waals surface area contributed by atoms with Crippen LogP contribution in [0, 0.1) is 6.92 Å². The molecule has 2 heterocycles. The molecule has 1 saturated heterocycles. The van der Waals surface area contributed by atoms with Crippen molar-refractivity contribution in [1.29, 1.82) is 0 Å². The molecule has 1 aliphatic heterocycles. The summed E-state index contributed by atoms with van der Waals surface area (Å²) in [4.78, 5) is 4.50. The second-order valence-corrected chi connectivity index (χ2v) is 7.78. The van der Waals surface area contributed by atoms with Crippen molar-refractivity contribution in [2.75, 3.05) is 13.1 Å². The van der Waals surface area contributed by atoms with Crippen LogP contribution in [0.3, 0.4) is 0 Å². The van der Waals surface area contributed by atoms with Gasteiger partial charge < -0.3 is 4.57 Å². The van der Waals surface area contributed by atoms with Crippen molar-refractivity contribution in [2.24, 2.45) is 7.05 Å². The summed E-state index contributed by atoms with van der Waals surface area (Å²) >= 11 is 0. The first kappa shape index (κ1) is 13.5. The van der Waals surface area contributed by atoms with Crippen molar-refractivity contribution in [1.82, 2.24) is 13.9 Å². The predicted molar refractivity (Wildman–Crippen MR) is 70.9 cm³/mol.